The predicted molar refractivity (Wildman–Crippen MR) is 127 cm³/mol. The molecule has 1 aliphatic rings. The predicted octanol–water partition coefficient (Wildman–Crippen LogP) is 4.18. The number of nitrogens with zero attached hydrogens (tertiary/aromatic N) is 3. The number of hydrogen-bond donors (Lipinski definition) is 1. The van der Waals surface area contributed by atoms with Gasteiger partial charge in [0, 0.05) is 61.0 Å². The zero-order valence-electron chi connectivity index (χ0n) is 19.0. The van der Waals surface area contributed by atoms with Crippen LogP contribution in [0.4, 0.5) is 5.69 Å². The van der Waals surface area contributed by atoms with Crippen molar-refractivity contribution in [2.24, 2.45) is 5.41 Å². The Balaban J connectivity index is 1.37. The van der Waals surface area contributed by atoms with Crippen LogP contribution in [0.15, 0.2) is 60.8 Å². The lowest BCUT2D eigenvalue weighted by atomic mass is 9.95. The minimum atomic E-state index is -0.490. The lowest BCUT2D eigenvalue weighted by Gasteiger charge is -2.35. The first-order chi connectivity index (χ1) is 15.3. The van der Waals surface area contributed by atoms with Gasteiger partial charge in [-0.2, -0.15) is 0 Å². The molecule has 0 spiro atoms. The molecule has 6 nitrogen and oxygen atoms in total. The molecule has 2 heterocycles. The number of fused-ring (bicyclic) bond motifs is 1. The number of pyridine rings is 1. The minimum absolute atomic E-state index is 0.00309. The fraction of sp³-hybridized carbons (Fsp3) is 0.346. The molecule has 0 saturated carbocycles. The van der Waals surface area contributed by atoms with Gasteiger partial charge in [0.25, 0.3) is 5.91 Å². The van der Waals surface area contributed by atoms with E-state index >= 15 is 0 Å². The first-order valence-electron chi connectivity index (χ1n) is 11.1. The SMILES string of the molecule is CC(C)(C)C(=O)Nc1cccc(C(=O)N2CCN(Cc3cccc4cccnc34)CC2)c1. The average molecular weight is 431 g/mol. The van der Waals surface area contributed by atoms with E-state index in [2.05, 4.69) is 39.5 Å². The van der Waals surface area contributed by atoms with Crippen LogP contribution >= 0.6 is 0 Å². The molecule has 0 radical (unpaired) electrons. The highest BCUT2D eigenvalue weighted by Crippen LogP contribution is 2.21. The number of hydrogen-bond acceptors (Lipinski definition) is 4. The number of carbonyl (C=O) groups excluding carboxylic acids is 2. The van der Waals surface area contributed by atoms with Crippen LogP contribution in [0.25, 0.3) is 10.9 Å². The molecule has 0 unspecified atom stereocenters. The van der Waals surface area contributed by atoms with Gasteiger partial charge in [-0.15, -0.1) is 0 Å². The van der Waals surface area contributed by atoms with Gasteiger partial charge >= 0.3 is 0 Å². The molecule has 1 fully saturated rings. The summed E-state index contributed by atoms with van der Waals surface area (Å²) in [5.41, 5.74) is 3.02. The quantitative estimate of drug-likeness (QED) is 0.674. The van der Waals surface area contributed by atoms with Crippen molar-refractivity contribution >= 4 is 28.4 Å². The summed E-state index contributed by atoms with van der Waals surface area (Å²) in [6, 6.07) is 17.5. The molecule has 3 aromatic rings. The van der Waals surface area contributed by atoms with Crippen LogP contribution in [-0.4, -0.2) is 52.8 Å². The molecule has 6 heteroatoms. The van der Waals surface area contributed by atoms with Gasteiger partial charge < -0.3 is 10.2 Å². The van der Waals surface area contributed by atoms with Gasteiger partial charge in [0.1, 0.15) is 0 Å². The van der Waals surface area contributed by atoms with Crippen molar-refractivity contribution in [3.63, 3.8) is 0 Å². The van der Waals surface area contributed by atoms with E-state index in [-0.39, 0.29) is 11.8 Å². The number of carbonyl (C=O) groups is 2. The molecule has 0 atom stereocenters. The summed E-state index contributed by atoms with van der Waals surface area (Å²) in [5, 5.41) is 4.06. The van der Waals surface area contributed by atoms with E-state index in [0.717, 1.165) is 30.5 Å². The van der Waals surface area contributed by atoms with Crippen LogP contribution in [0.5, 0.6) is 0 Å². The Hall–Kier alpha value is -3.25. The number of piperazine rings is 1. The van der Waals surface area contributed by atoms with E-state index in [1.54, 1.807) is 6.07 Å². The van der Waals surface area contributed by atoms with Crippen LogP contribution in [0.2, 0.25) is 0 Å². The van der Waals surface area contributed by atoms with E-state index in [0.29, 0.717) is 24.3 Å². The monoisotopic (exact) mass is 430 g/mol. The molecule has 2 amide bonds. The number of amides is 2. The zero-order chi connectivity index (χ0) is 22.7. The second-order valence-electron chi connectivity index (χ2n) is 9.35. The van der Waals surface area contributed by atoms with Crippen molar-refractivity contribution in [2.75, 3.05) is 31.5 Å². The van der Waals surface area contributed by atoms with E-state index in [1.807, 2.05) is 56.1 Å². The minimum Gasteiger partial charge on any atom is -0.336 e. The van der Waals surface area contributed by atoms with Gasteiger partial charge in [-0.1, -0.05) is 51.1 Å². The molecule has 0 bridgehead atoms. The molecule has 1 N–H and O–H groups in total. The van der Waals surface area contributed by atoms with Gasteiger partial charge in [-0.3, -0.25) is 19.5 Å². The molecular formula is C26H30N4O2. The van der Waals surface area contributed by atoms with E-state index in [4.69, 9.17) is 0 Å². The largest absolute Gasteiger partial charge is 0.336 e. The summed E-state index contributed by atoms with van der Waals surface area (Å²) in [5.74, 6) is -0.0676. The Morgan fingerprint density at radius 3 is 2.44 bits per heavy atom. The molecule has 2 aromatic carbocycles. The standard InChI is InChI=1S/C26H30N4O2/c1-26(2,3)25(32)28-22-11-5-8-20(17-22)24(31)30-15-13-29(14-16-30)18-21-9-4-7-19-10-6-12-27-23(19)21/h4-12,17H,13-16,18H2,1-3H3,(H,28,32). The van der Waals surface area contributed by atoms with Crippen LogP contribution < -0.4 is 5.32 Å². The highest BCUT2D eigenvalue weighted by Gasteiger charge is 2.24. The maximum absolute atomic E-state index is 13.1. The molecule has 1 saturated heterocycles. The third-order valence-corrected chi connectivity index (χ3v) is 5.82. The Kier molecular flexibility index (Phi) is 6.24. The fourth-order valence-electron chi connectivity index (χ4n) is 3.88. The van der Waals surface area contributed by atoms with Gasteiger partial charge in [-0.05, 0) is 29.8 Å². The van der Waals surface area contributed by atoms with Gasteiger partial charge in [0.2, 0.25) is 5.91 Å². The summed E-state index contributed by atoms with van der Waals surface area (Å²) < 4.78 is 0. The summed E-state index contributed by atoms with van der Waals surface area (Å²) in [6.45, 7) is 9.40. The highest BCUT2D eigenvalue weighted by molar-refractivity contribution is 5.98. The topological polar surface area (TPSA) is 65.5 Å². The molecule has 1 aromatic heterocycles. The van der Waals surface area contributed by atoms with Gasteiger partial charge in [0.15, 0.2) is 0 Å². The van der Waals surface area contributed by atoms with Crippen LogP contribution in [0.1, 0.15) is 36.7 Å². The second kappa shape index (κ2) is 9.09. The third kappa shape index (κ3) is 4.97. The summed E-state index contributed by atoms with van der Waals surface area (Å²) in [7, 11) is 0. The molecule has 32 heavy (non-hydrogen) atoms. The van der Waals surface area contributed by atoms with E-state index in [9.17, 15) is 9.59 Å². The lowest BCUT2D eigenvalue weighted by molar-refractivity contribution is -0.123. The number of para-hydroxylation sites is 1. The zero-order valence-corrected chi connectivity index (χ0v) is 19.0. The molecule has 0 aliphatic carbocycles. The van der Waals surface area contributed by atoms with Crippen molar-refractivity contribution in [3.05, 3.63) is 71.9 Å². The first kappa shape index (κ1) is 22.0. The maximum Gasteiger partial charge on any atom is 0.254 e. The Bertz CT molecular complexity index is 1120. The van der Waals surface area contributed by atoms with Crippen LogP contribution in [-0.2, 0) is 11.3 Å². The van der Waals surface area contributed by atoms with Crippen molar-refractivity contribution in [2.45, 2.75) is 27.3 Å². The van der Waals surface area contributed by atoms with E-state index < -0.39 is 5.41 Å². The van der Waals surface area contributed by atoms with Crippen molar-refractivity contribution in [1.29, 1.82) is 0 Å². The Labute approximate surface area is 189 Å². The lowest BCUT2D eigenvalue weighted by Crippen LogP contribution is -2.48. The number of rotatable bonds is 4. The number of benzene rings is 2. The fourth-order valence-corrected chi connectivity index (χ4v) is 3.88. The third-order valence-electron chi connectivity index (χ3n) is 5.82. The van der Waals surface area contributed by atoms with Crippen LogP contribution in [0.3, 0.4) is 0 Å². The van der Waals surface area contributed by atoms with Crippen molar-refractivity contribution < 1.29 is 9.59 Å². The smallest absolute Gasteiger partial charge is 0.254 e. The second-order valence-corrected chi connectivity index (χ2v) is 9.35. The number of anilines is 1. The summed E-state index contributed by atoms with van der Waals surface area (Å²) >= 11 is 0. The number of aromatic nitrogens is 1. The molecule has 166 valence electrons. The van der Waals surface area contributed by atoms with Crippen molar-refractivity contribution in [3.8, 4) is 0 Å². The normalized spacial score (nSPS) is 15.0. The van der Waals surface area contributed by atoms with Crippen LogP contribution in [0, 0.1) is 5.41 Å². The highest BCUT2D eigenvalue weighted by atomic mass is 16.2. The number of nitrogens with one attached hydrogen (secondary N) is 1. The summed E-state index contributed by atoms with van der Waals surface area (Å²) in [4.78, 5) is 34.1. The maximum atomic E-state index is 13.1. The molecular weight excluding hydrogens is 400 g/mol. The Morgan fingerprint density at radius 1 is 0.969 bits per heavy atom. The van der Waals surface area contributed by atoms with E-state index in [1.165, 1.54) is 5.56 Å². The van der Waals surface area contributed by atoms with Gasteiger partial charge in [0.05, 0.1) is 5.52 Å². The molecule has 1 aliphatic heterocycles. The first-order valence-corrected chi connectivity index (χ1v) is 11.1. The van der Waals surface area contributed by atoms with Gasteiger partial charge in [-0.25, -0.2) is 0 Å². The summed E-state index contributed by atoms with van der Waals surface area (Å²) in [6.07, 6.45) is 1.83. The Morgan fingerprint density at radius 2 is 1.69 bits per heavy atom. The van der Waals surface area contributed by atoms with Crippen molar-refractivity contribution in [1.82, 2.24) is 14.8 Å². The average Bonchev–Trinajstić information content (AvgIpc) is 2.79. The molecule has 4 rings (SSSR count).